The molecule has 0 aliphatic heterocycles. The van der Waals surface area contributed by atoms with E-state index >= 15 is 0 Å². The quantitative estimate of drug-likeness (QED) is 0.525. The Morgan fingerprint density at radius 3 is 2.00 bits per heavy atom. The van der Waals surface area contributed by atoms with E-state index in [1.807, 2.05) is 20.8 Å². The molecule has 0 aliphatic carbocycles. The Morgan fingerprint density at radius 2 is 1.69 bits per heavy atom. The zero-order chi connectivity index (χ0) is 23.0. The number of nitrogens with zero attached hydrogens (tertiary/aromatic N) is 1. The normalized spacial score (nSPS) is 13.0. The number of carbonyl (C=O) groups is 3. The summed E-state index contributed by atoms with van der Waals surface area (Å²) in [6.45, 7) is 12.1. The predicted molar refractivity (Wildman–Crippen MR) is 106 cm³/mol. The van der Waals surface area contributed by atoms with E-state index < -0.39 is 30.9 Å². The molecule has 1 rings (SSSR count). The molecule has 1 unspecified atom stereocenters. The van der Waals surface area contributed by atoms with E-state index in [2.05, 4.69) is 19.3 Å². The molecular weight excluding hydrogens is 403 g/mol. The van der Waals surface area contributed by atoms with Crippen molar-refractivity contribution < 1.29 is 37.2 Å². The van der Waals surface area contributed by atoms with Gasteiger partial charge in [0.05, 0.1) is 0 Å². The van der Waals surface area contributed by atoms with Crippen LogP contribution in [0.2, 0.25) is 0 Å². The van der Waals surface area contributed by atoms with Gasteiger partial charge in [-0.2, -0.15) is 0 Å². The molecule has 1 N–H and O–H groups in total. The van der Waals surface area contributed by atoms with Crippen molar-refractivity contribution in [1.29, 1.82) is 0 Å². The number of aldehydes is 1. The lowest BCUT2D eigenvalue weighted by atomic mass is 9.92. The fourth-order valence-corrected chi connectivity index (χ4v) is 3.29. The highest BCUT2D eigenvalue weighted by atomic mass is 31.2. The van der Waals surface area contributed by atoms with Gasteiger partial charge in [0.15, 0.2) is 24.2 Å². The fourth-order valence-electron chi connectivity index (χ4n) is 2.01. The Morgan fingerprint density at radius 1 is 1.17 bits per heavy atom. The number of nitrogens with one attached hydrogen (secondary N) is 1. The van der Waals surface area contributed by atoms with Gasteiger partial charge in [0.25, 0.3) is 0 Å². The number of rotatable bonds is 6. The van der Waals surface area contributed by atoms with Crippen LogP contribution >= 0.6 is 7.60 Å². The van der Waals surface area contributed by atoms with Gasteiger partial charge in [0, 0.05) is 19.6 Å². The van der Waals surface area contributed by atoms with E-state index in [0.29, 0.717) is 17.7 Å². The summed E-state index contributed by atoms with van der Waals surface area (Å²) in [5.41, 5.74) is -0.472. The van der Waals surface area contributed by atoms with Crippen molar-refractivity contribution in [3.63, 3.8) is 0 Å². The zero-order valence-electron chi connectivity index (χ0n) is 18.4. The first kappa shape index (κ1) is 27.0. The Labute approximate surface area is 171 Å². The first-order chi connectivity index (χ1) is 13.1. The number of aromatic nitrogens is 1. The Bertz CT molecular complexity index is 738. The van der Waals surface area contributed by atoms with E-state index in [1.54, 1.807) is 20.8 Å². The maximum absolute atomic E-state index is 12.1. The van der Waals surface area contributed by atoms with Gasteiger partial charge in [-0.25, -0.2) is 9.78 Å². The van der Waals surface area contributed by atoms with Crippen molar-refractivity contribution in [2.45, 2.75) is 65.3 Å². The minimum Gasteiger partial charge on any atom is -0.447 e. The Kier molecular flexibility index (Phi) is 9.92. The molecule has 11 heteroatoms. The van der Waals surface area contributed by atoms with Crippen LogP contribution in [0, 0.1) is 0 Å². The number of alkyl carbamates (subject to hydrolysis) is 1. The maximum atomic E-state index is 12.1. The molecule has 0 aromatic carbocycles. The summed E-state index contributed by atoms with van der Waals surface area (Å²) in [7, 11) is -1.46. The summed E-state index contributed by atoms with van der Waals surface area (Å²) in [5.74, 6) is -1.29. The van der Waals surface area contributed by atoms with Crippen LogP contribution in [0.5, 0.6) is 0 Å². The summed E-state index contributed by atoms with van der Waals surface area (Å²) in [6.07, 6.45) is 1.14. The van der Waals surface area contributed by atoms with Crippen molar-refractivity contribution in [3.05, 3.63) is 17.8 Å². The number of Topliss-reactive ketones (excluding diaryl/α,β-unsaturated/α-hetero) is 1. The summed E-state index contributed by atoms with van der Waals surface area (Å²) in [4.78, 5) is 37.1. The third kappa shape index (κ3) is 8.89. The Balaban J connectivity index is 0.000000604. The zero-order valence-corrected chi connectivity index (χ0v) is 19.3. The second-order valence-electron chi connectivity index (χ2n) is 8.00. The van der Waals surface area contributed by atoms with Crippen LogP contribution in [0.25, 0.3) is 0 Å². The van der Waals surface area contributed by atoms with Crippen molar-refractivity contribution in [1.82, 2.24) is 10.3 Å². The highest BCUT2D eigenvalue weighted by Gasteiger charge is 2.39. The molecule has 0 radical (unpaired) electrons. The lowest BCUT2D eigenvalue weighted by Gasteiger charge is -2.25. The molecule has 1 aromatic heterocycles. The second-order valence-corrected chi connectivity index (χ2v) is 10.3. The third-order valence-electron chi connectivity index (χ3n) is 3.25. The molecule has 0 aliphatic rings. The number of hydrogen-bond donors (Lipinski definition) is 1. The fraction of sp³-hybridized carbons (Fsp3) is 0.667. The maximum Gasteiger partial charge on any atom is 0.408 e. The molecule has 0 spiro atoms. The molecule has 166 valence electrons. The molecule has 1 amide bonds. The number of oxazole rings is 1. The van der Waals surface area contributed by atoms with Crippen molar-refractivity contribution in [3.8, 4) is 0 Å². The standard InChI is InChI=1S/C10H20NO6P.C8H11NO2/c1-7(12)8(18(14,15-5)16-6)11-9(13)17-10(2,3)4;1-8(2,3)7-6(4-10)9-5-11-7/h8H,1-6H3,(H,11,13);4-5H,1-3H3. The molecule has 0 saturated heterocycles. The SMILES string of the molecule is CC(C)(C)c1ocnc1C=O.COP(=O)(OC)C(NC(=O)OC(C)(C)C)C(C)=O. The van der Waals surface area contributed by atoms with Crippen molar-refractivity contribution in [2.24, 2.45) is 0 Å². The van der Waals surface area contributed by atoms with Crippen LogP contribution < -0.4 is 5.32 Å². The van der Waals surface area contributed by atoms with Crippen LogP contribution in [0.15, 0.2) is 10.8 Å². The third-order valence-corrected chi connectivity index (χ3v) is 5.39. The molecular formula is C18H31N2O8P. The lowest BCUT2D eigenvalue weighted by Crippen LogP contribution is -2.43. The number of ether oxygens (including phenoxy) is 1. The molecule has 0 fully saturated rings. The average molecular weight is 434 g/mol. The van der Waals surface area contributed by atoms with Crippen LogP contribution in [-0.2, 0) is 28.6 Å². The Hall–Kier alpha value is -2.03. The first-order valence-electron chi connectivity index (χ1n) is 8.71. The first-order valence-corrected chi connectivity index (χ1v) is 10.3. The van der Waals surface area contributed by atoms with Gasteiger partial charge in [-0.1, -0.05) is 20.8 Å². The average Bonchev–Trinajstić information content (AvgIpc) is 3.07. The van der Waals surface area contributed by atoms with Gasteiger partial charge >= 0.3 is 13.7 Å². The number of amides is 1. The minimum absolute atomic E-state index is 0.146. The van der Waals surface area contributed by atoms with Gasteiger partial charge in [-0.05, 0) is 27.7 Å². The van der Waals surface area contributed by atoms with Gasteiger partial charge in [0.2, 0.25) is 0 Å². The summed E-state index contributed by atoms with van der Waals surface area (Å²) in [6, 6.07) is 0. The van der Waals surface area contributed by atoms with Gasteiger partial charge in [-0.15, -0.1) is 0 Å². The molecule has 1 heterocycles. The van der Waals surface area contributed by atoms with E-state index in [0.717, 1.165) is 14.2 Å². The summed E-state index contributed by atoms with van der Waals surface area (Å²) in [5, 5.41) is 2.19. The monoisotopic (exact) mass is 434 g/mol. The van der Waals surface area contributed by atoms with E-state index in [4.69, 9.17) is 9.15 Å². The largest absolute Gasteiger partial charge is 0.447 e. The molecule has 0 saturated carbocycles. The van der Waals surface area contributed by atoms with E-state index in [-0.39, 0.29) is 5.41 Å². The molecule has 10 nitrogen and oxygen atoms in total. The highest BCUT2D eigenvalue weighted by molar-refractivity contribution is 7.55. The van der Waals surface area contributed by atoms with E-state index in [9.17, 15) is 18.9 Å². The number of ketones is 1. The molecule has 1 atom stereocenters. The molecule has 29 heavy (non-hydrogen) atoms. The van der Waals surface area contributed by atoms with Crippen molar-refractivity contribution in [2.75, 3.05) is 14.2 Å². The van der Waals surface area contributed by atoms with E-state index in [1.165, 1.54) is 13.3 Å². The lowest BCUT2D eigenvalue weighted by molar-refractivity contribution is -0.117. The smallest absolute Gasteiger partial charge is 0.408 e. The van der Waals surface area contributed by atoms with Crippen LogP contribution in [0.3, 0.4) is 0 Å². The van der Waals surface area contributed by atoms with Gasteiger partial charge in [-0.3, -0.25) is 14.2 Å². The van der Waals surface area contributed by atoms with Crippen LogP contribution in [0.4, 0.5) is 4.79 Å². The second kappa shape index (κ2) is 10.7. The van der Waals surface area contributed by atoms with Gasteiger partial charge < -0.3 is 23.5 Å². The van der Waals surface area contributed by atoms with Crippen molar-refractivity contribution >= 4 is 25.8 Å². The minimum atomic E-state index is -3.73. The predicted octanol–water partition coefficient (Wildman–Crippen LogP) is 3.70. The number of hydrogen-bond acceptors (Lipinski definition) is 9. The number of carbonyl (C=O) groups excluding carboxylic acids is 3. The summed E-state index contributed by atoms with van der Waals surface area (Å²) >= 11 is 0. The molecule has 1 aromatic rings. The van der Waals surface area contributed by atoms with Crippen LogP contribution in [0.1, 0.15) is 64.7 Å². The van der Waals surface area contributed by atoms with Gasteiger partial charge in [0.1, 0.15) is 17.1 Å². The van der Waals surface area contributed by atoms with Crippen LogP contribution in [-0.4, -0.2) is 48.8 Å². The topological polar surface area (TPSA) is 134 Å². The molecule has 0 bridgehead atoms. The summed E-state index contributed by atoms with van der Waals surface area (Å²) < 4.78 is 31.5. The highest BCUT2D eigenvalue weighted by Crippen LogP contribution is 2.50.